The molecule has 4 heteroatoms. The fourth-order valence-electron chi connectivity index (χ4n) is 1.65. The molecule has 0 radical (unpaired) electrons. The molecular weight excluding hydrogens is 216 g/mol. The Kier molecular flexibility index (Phi) is 3.22. The van der Waals surface area contributed by atoms with Crippen LogP contribution in [0.15, 0.2) is 18.2 Å². The molecule has 4 nitrogen and oxygen atoms in total. The van der Waals surface area contributed by atoms with Crippen molar-refractivity contribution < 1.29 is 9.53 Å². The highest BCUT2D eigenvalue weighted by Gasteiger charge is 2.29. The predicted molar refractivity (Wildman–Crippen MR) is 66.9 cm³/mol. The zero-order valence-corrected chi connectivity index (χ0v) is 10.3. The third-order valence-corrected chi connectivity index (χ3v) is 3.09. The van der Waals surface area contributed by atoms with Crippen LogP contribution in [0.5, 0.6) is 5.75 Å². The first-order chi connectivity index (χ1) is 8.08. The highest BCUT2D eigenvalue weighted by Crippen LogP contribution is 2.25. The van der Waals surface area contributed by atoms with Crippen molar-refractivity contribution in [2.75, 3.05) is 19.4 Å². The number of nitrogens with zero attached hydrogens (tertiary/aromatic N) is 1. The highest BCUT2D eigenvalue weighted by molar-refractivity contribution is 5.78. The molecule has 1 fully saturated rings. The summed E-state index contributed by atoms with van der Waals surface area (Å²) in [5.74, 6) is 0.719. The van der Waals surface area contributed by atoms with E-state index in [1.165, 1.54) is 0 Å². The molecule has 0 heterocycles. The molecule has 1 aliphatic carbocycles. The minimum absolute atomic E-state index is 0.0296. The van der Waals surface area contributed by atoms with Crippen LogP contribution in [0, 0.1) is 6.92 Å². The van der Waals surface area contributed by atoms with Crippen molar-refractivity contribution in [3.63, 3.8) is 0 Å². The number of anilines is 1. The number of nitrogen functional groups attached to an aromatic ring is 1. The van der Waals surface area contributed by atoms with Crippen LogP contribution < -0.4 is 10.5 Å². The lowest BCUT2D eigenvalue weighted by Crippen LogP contribution is -2.33. The van der Waals surface area contributed by atoms with E-state index in [2.05, 4.69) is 0 Å². The molecule has 0 unspecified atom stereocenters. The second-order valence-electron chi connectivity index (χ2n) is 4.54. The van der Waals surface area contributed by atoms with Crippen molar-refractivity contribution in [3.8, 4) is 5.75 Å². The van der Waals surface area contributed by atoms with Gasteiger partial charge in [0.05, 0.1) is 0 Å². The third kappa shape index (κ3) is 2.90. The van der Waals surface area contributed by atoms with Gasteiger partial charge < -0.3 is 15.4 Å². The normalized spacial score (nSPS) is 14.5. The van der Waals surface area contributed by atoms with Crippen LogP contribution in [0.3, 0.4) is 0 Å². The zero-order valence-electron chi connectivity index (χ0n) is 10.3. The van der Waals surface area contributed by atoms with Crippen LogP contribution in [0.1, 0.15) is 18.4 Å². The first kappa shape index (κ1) is 11.8. The van der Waals surface area contributed by atoms with E-state index in [1.807, 2.05) is 20.0 Å². The van der Waals surface area contributed by atoms with E-state index < -0.39 is 0 Å². The standard InChI is InChI=1S/C13H18N2O2/c1-9-7-11(5-6-12(9)14)17-8-13(16)15(2)10-3-4-10/h5-7,10H,3-4,8,14H2,1-2H3. The number of likely N-dealkylation sites (N-methyl/N-ethyl adjacent to an activating group) is 1. The molecule has 2 rings (SSSR count). The fourth-order valence-corrected chi connectivity index (χ4v) is 1.65. The van der Waals surface area contributed by atoms with Crippen molar-refractivity contribution in [2.45, 2.75) is 25.8 Å². The number of rotatable bonds is 4. The Morgan fingerprint density at radius 1 is 1.53 bits per heavy atom. The van der Waals surface area contributed by atoms with Gasteiger partial charge in [0.15, 0.2) is 6.61 Å². The number of nitrogens with two attached hydrogens (primary N) is 1. The minimum Gasteiger partial charge on any atom is -0.484 e. The van der Waals surface area contributed by atoms with Gasteiger partial charge in [0, 0.05) is 18.8 Å². The average molecular weight is 234 g/mol. The Morgan fingerprint density at radius 2 is 2.24 bits per heavy atom. The van der Waals surface area contributed by atoms with Gasteiger partial charge in [-0.25, -0.2) is 0 Å². The Balaban J connectivity index is 1.88. The molecule has 2 N–H and O–H groups in total. The van der Waals surface area contributed by atoms with Gasteiger partial charge in [-0.15, -0.1) is 0 Å². The molecule has 0 atom stereocenters. The van der Waals surface area contributed by atoms with E-state index in [9.17, 15) is 4.79 Å². The number of aryl methyl sites for hydroxylation is 1. The van der Waals surface area contributed by atoms with Gasteiger partial charge in [0.1, 0.15) is 5.75 Å². The Bertz CT molecular complexity index is 427. The maximum atomic E-state index is 11.7. The van der Waals surface area contributed by atoms with E-state index in [0.29, 0.717) is 11.8 Å². The summed E-state index contributed by atoms with van der Waals surface area (Å²) in [6.07, 6.45) is 2.23. The van der Waals surface area contributed by atoms with E-state index in [-0.39, 0.29) is 12.5 Å². The van der Waals surface area contributed by atoms with Gasteiger partial charge in [-0.2, -0.15) is 0 Å². The number of hydrogen-bond donors (Lipinski definition) is 1. The quantitative estimate of drug-likeness (QED) is 0.805. The number of benzene rings is 1. The SMILES string of the molecule is Cc1cc(OCC(=O)N(C)C2CC2)ccc1N. The second-order valence-corrected chi connectivity index (χ2v) is 4.54. The molecule has 1 aliphatic rings. The van der Waals surface area contributed by atoms with Gasteiger partial charge in [0.25, 0.3) is 5.91 Å². The van der Waals surface area contributed by atoms with E-state index >= 15 is 0 Å². The summed E-state index contributed by atoms with van der Waals surface area (Å²) >= 11 is 0. The van der Waals surface area contributed by atoms with Crippen molar-refractivity contribution in [2.24, 2.45) is 0 Å². The summed E-state index contributed by atoms with van der Waals surface area (Å²) in [6.45, 7) is 2.01. The highest BCUT2D eigenvalue weighted by atomic mass is 16.5. The Labute approximate surface area is 101 Å². The van der Waals surface area contributed by atoms with Crippen LogP contribution >= 0.6 is 0 Å². The summed E-state index contributed by atoms with van der Waals surface area (Å²) in [5, 5.41) is 0. The molecule has 1 amide bonds. The third-order valence-electron chi connectivity index (χ3n) is 3.09. The van der Waals surface area contributed by atoms with Gasteiger partial charge in [-0.3, -0.25) is 4.79 Å². The van der Waals surface area contributed by atoms with E-state index in [4.69, 9.17) is 10.5 Å². The van der Waals surface area contributed by atoms with Crippen molar-refractivity contribution in [1.82, 2.24) is 4.90 Å². The molecule has 0 aromatic heterocycles. The summed E-state index contributed by atoms with van der Waals surface area (Å²) in [6, 6.07) is 5.85. The maximum Gasteiger partial charge on any atom is 0.260 e. The second kappa shape index (κ2) is 4.65. The first-order valence-corrected chi connectivity index (χ1v) is 5.82. The van der Waals surface area contributed by atoms with Gasteiger partial charge in [0.2, 0.25) is 0 Å². The van der Waals surface area contributed by atoms with Crippen molar-refractivity contribution >= 4 is 11.6 Å². The zero-order chi connectivity index (χ0) is 12.4. The molecule has 1 aromatic rings. The van der Waals surface area contributed by atoms with Crippen LogP contribution in [-0.4, -0.2) is 30.5 Å². The maximum absolute atomic E-state index is 11.7. The molecule has 17 heavy (non-hydrogen) atoms. The number of hydrogen-bond acceptors (Lipinski definition) is 3. The monoisotopic (exact) mass is 234 g/mol. The number of amides is 1. The molecule has 92 valence electrons. The number of ether oxygens (including phenoxy) is 1. The van der Waals surface area contributed by atoms with Gasteiger partial charge >= 0.3 is 0 Å². The van der Waals surface area contributed by atoms with Crippen LogP contribution in [0.4, 0.5) is 5.69 Å². The molecular formula is C13H18N2O2. The average Bonchev–Trinajstić information content (AvgIpc) is 3.13. The van der Waals surface area contributed by atoms with Crippen LogP contribution in [0.2, 0.25) is 0 Å². The largest absolute Gasteiger partial charge is 0.484 e. The lowest BCUT2D eigenvalue weighted by molar-refractivity contribution is -0.132. The Morgan fingerprint density at radius 3 is 2.82 bits per heavy atom. The molecule has 0 aliphatic heterocycles. The summed E-state index contributed by atoms with van der Waals surface area (Å²) in [7, 11) is 1.83. The molecule has 1 aromatic carbocycles. The van der Waals surface area contributed by atoms with Gasteiger partial charge in [-0.1, -0.05) is 0 Å². The van der Waals surface area contributed by atoms with Crippen LogP contribution in [-0.2, 0) is 4.79 Å². The number of carbonyl (C=O) groups is 1. The van der Waals surface area contributed by atoms with E-state index in [0.717, 1.165) is 24.1 Å². The van der Waals surface area contributed by atoms with Crippen LogP contribution in [0.25, 0.3) is 0 Å². The molecule has 1 saturated carbocycles. The predicted octanol–water partition coefficient (Wildman–Crippen LogP) is 1.58. The van der Waals surface area contributed by atoms with Crippen molar-refractivity contribution in [3.05, 3.63) is 23.8 Å². The number of carbonyl (C=O) groups excluding carboxylic acids is 1. The molecule has 0 saturated heterocycles. The Hall–Kier alpha value is -1.71. The first-order valence-electron chi connectivity index (χ1n) is 5.82. The summed E-state index contributed by atoms with van der Waals surface area (Å²) < 4.78 is 5.46. The fraction of sp³-hybridized carbons (Fsp3) is 0.462. The minimum atomic E-state index is 0.0296. The summed E-state index contributed by atoms with van der Waals surface area (Å²) in [5.41, 5.74) is 7.41. The van der Waals surface area contributed by atoms with Crippen molar-refractivity contribution in [1.29, 1.82) is 0 Å². The summed E-state index contributed by atoms with van der Waals surface area (Å²) in [4.78, 5) is 13.5. The lowest BCUT2D eigenvalue weighted by Gasteiger charge is -2.16. The topological polar surface area (TPSA) is 55.6 Å². The molecule has 0 spiro atoms. The lowest BCUT2D eigenvalue weighted by atomic mass is 10.2. The van der Waals surface area contributed by atoms with Gasteiger partial charge in [-0.05, 0) is 43.5 Å². The smallest absolute Gasteiger partial charge is 0.260 e. The molecule has 0 bridgehead atoms. The van der Waals surface area contributed by atoms with E-state index in [1.54, 1.807) is 17.0 Å².